The van der Waals surface area contributed by atoms with Gasteiger partial charge in [-0.05, 0) is 87.6 Å². The van der Waals surface area contributed by atoms with E-state index in [1.807, 2.05) is 42.5 Å². The third kappa shape index (κ3) is 5.67. The van der Waals surface area contributed by atoms with Gasteiger partial charge in [0.2, 0.25) is 0 Å². The average Bonchev–Trinajstić information content (AvgIpc) is 3.87. The minimum atomic E-state index is 0.619. The lowest BCUT2D eigenvalue weighted by Crippen LogP contribution is -2.00. The molecule has 3 heterocycles. The van der Waals surface area contributed by atoms with Crippen molar-refractivity contribution in [1.82, 2.24) is 19.5 Å². The van der Waals surface area contributed by atoms with E-state index in [-0.39, 0.29) is 0 Å². The van der Waals surface area contributed by atoms with Crippen molar-refractivity contribution < 1.29 is 4.42 Å². The summed E-state index contributed by atoms with van der Waals surface area (Å²) in [5, 5.41) is 7.11. The predicted molar refractivity (Wildman–Crippen MR) is 246 cm³/mol. The molecule has 0 saturated heterocycles. The molecule has 12 rings (SSSR count). The fourth-order valence-electron chi connectivity index (χ4n) is 8.72. The molecule has 3 aromatic heterocycles. The zero-order valence-electron chi connectivity index (χ0n) is 32.3. The molecule has 0 N–H and O–H groups in total. The van der Waals surface area contributed by atoms with Gasteiger partial charge in [0.15, 0.2) is 17.5 Å². The van der Waals surface area contributed by atoms with Gasteiger partial charge in [0.1, 0.15) is 11.2 Å². The van der Waals surface area contributed by atoms with Gasteiger partial charge < -0.3 is 8.98 Å². The second-order valence-electron chi connectivity index (χ2n) is 15.2. The number of benzene rings is 9. The van der Waals surface area contributed by atoms with Crippen LogP contribution in [0.2, 0.25) is 0 Å². The average molecular weight is 767 g/mol. The van der Waals surface area contributed by atoms with Crippen LogP contribution < -0.4 is 0 Å². The van der Waals surface area contributed by atoms with Crippen molar-refractivity contribution in [3.8, 4) is 62.1 Å². The van der Waals surface area contributed by atoms with Gasteiger partial charge in [-0.25, -0.2) is 15.0 Å². The van der Waals surface area contributed by atoms with Gasteiger partial charge in [-0.2, -0.15) is 0 Å². The first kappa shape index (κ1) is 33.9. The summed E-state index contributed by atoms with van der Waals surface area (Å²) >= 11 is 0. The first-order valence-corrected chi connectivity index (χ1v) is 20.2. The number of para-hydroxylation sites is 2. The molecule has 0 radical (unpaired) electrons. The molecule has 60 heavy (non-hydrogen) atoms. The van der Waals surface area contributed by atoms with Crippen LogP contribution in [-0.4, -0.2) is 19.5 Å². The molecular formula is C55H34N4O. The molecule has 0 bridgehead atoms. The highest BCUT2D eigenvalue weighted by atomic mass is 16.3. The van der Waals surface area contributed by atoms with Gasteiger partial charge in [0, 0.05) is 43.9 Å². The quantitative estimate of drug-likeness (QED) is 0.169. The van der Waals surface area contributed by atoms with Crippen molar-refractivity contribution in [2.45, 2.75) is 0 Å². The maximum absolute atomic E-state index is 6.27. The topological polar surface area (TPSA) is 56.7 Å². The number of hydrogen-bond acceptors (Lipinski definition) is 4. The van der Waals surface area contributed by atoms with E-state index in [9.17, 15) is 0 Å². The molecule has 9 aromatic carbocycles. The second-order valence-corrected chi connectivity index (χ2v) is 15.2. The van der Waals surface area contributed by atoms with E-state index in [0.29, 0.717) is 17.5 Å². The summed E-state index contributed by atoms with van der Waals surface area (Å²) in [7, 11) is 0. The van der Waals surface area contributed by atoms with E-state index in [0.717, 1.165) is 72.0 Å². The highest BCUT2D eigenvalue weighted by Gasteiger charge is 2.18. The molecule has 0 aliphatic heterocycles. The van der Waals surface area contributed by atoms with Crippen LogP contribution >= 0.6 is 0 Å². The fourth-order valence-corrected chi connectivity index (χ4v) is 8.72. The Morgan fingerprint density at radius 1 is 0.333 bits per heavy atom. The Labute approximate surface area is 345 Å². The number of furan rings is 1. The maximum atomic E-state index is 6.27. The molecule has 0 spiro atoms. The van der Waals surface area contributed by atoms with Crippen LogP contribution in [0.15, 0.2) is 211 Å². The van der Waals surface area contributed by atoms with Gasteiger partial charge >= 0.3 is 0 Å². The summed E-state index contributed by atoms with van der Waals surface area (Å²) in [5.41, 5.74) is 12.5. The Morgan fingerprint density at radius 3 is 1.68 bits per heavy atom. The highest BCUT2D eigenvalue weighted by molar-refractivity contribution is 6.14. The van der Waals surface area contributed by atoms with E-state index in [4.69, 9.17) is 19.4 Å². The van der Waals surface area contributed by atoms with Crippen LogP contribution in [0, 0.1) is 0 Å². The van der Waals surface area contributed by atoms with Crippen LogP contribution in [0.1, 0.15) is 0 Å². The number of rotatable bonds is 6. The molecule has 0 saturated carbocycles. The molecule has 0 aliphatic rings. The minimum absolute atomic E-state index is 0.619. The van der Waals surface area contributed by atoms with E-state index >= 15 is 0 Å². The second kappa shape index (κ2) is 13.8. The lowest BCUT2D eigenvalue weighted by Gasteiger charge is -2.12. The number of aromatic nitrogens is 4. The Hall–Kier alpha value is -8.15. The normalized spacial score (nSPS) is 11.7. The zero-order chi connectivity index (χ0) is 39.6. The van der Waals surface area contributed by atoms with Crippen LogP contribution in [0.5, 0.6) is 0 Å². The van der Waals surface area contributed by atoms with E-state index < -0.39 is 0 Å². The van der Waals surface area contributed by atoms with Gasteiger partial charge in [0.05, 0.1) is 11.0 Å². The summed E-state index contributed by atoms with van der Waals surface area (Å²) < 4.78 is 8.63. The minimum Gasteiger partial charge on any atom is -0.456 e. The van der Waals surface area contributed by atoms with Gasteiger partial charge in [0.25, 0.3) is 0 Å². The van der Waals surface area contributed by atoms with Crippen molar-refractivity contribution in [3.05, 3.63) is 206 Å². The van der Waals surface area contributed by atoms with Gasteiger partial charge in [-0.3, -0.25) is 0 Å². The number of hydrogen-bond donors (Lipinski definition) is 0. The van der Waals surface area contributed by atoms with Crippen LogP contribution in [0.3, 0.4) is 0 Å². The molecule has 0 amide bonds. The predicted octanol–water partition coefficient (Wildman–Crippen LogP) is 14.4. The van der Waals surface area contributed by atoms with Gasteiger partial charge in [-0.1, -0.05) is 152 Å². The van der Waals surface area contributed by atoms with Crippen molar-refractivity contribution in [2.24, 2.45) is 0 Å². The summed E-state index contributed by atoms with van der Waals surface area (Å²) in [6.07, 6.45) is 0. The largest absolute Gasteiger partial charge is 0.456 e. The van der Waals surface area contributed by atoms with Crippen molar-refractivity contribution in [2.75, 3.05) is 0 Å². The fraction of sp³-hybridized carbons (Fsp3) is 0. The molecule has 0 atom stereocenters. The Morgan fingerprint density at radius 2 is 0.900 bits per heavy atom. The molecular weight excluding hydrogens is 733 g/mol. The molecule has 5 heteroatoms. The molecule has 0 fully saturated rings. The van der Waals surface area contributed by atoms with E-state index in [1.165, 1.54) is 27.1 Å². The first-order chi connectivity index (χ1) is 29.7. The summed E-state index contributed by atoms with van der Waals surface area (Å²) in [6.45, 7) is 0. The van der Waals surface area contributed by atoms with Crippen molar-refractivity contribution >= 4 is 54.5 Å². The van der Waals surface area contributed by atoms with E-state index in [1.54, 1.807) is 0 Å². The molecule has 280 valence electrons. The third-order valence-electron chi connectivity index (χ3n) is 11.7. The van der Waals surface area contributed by atoms with Crippen LogP contribution in [0.25, 0.3) is 117 Å². The summed E-state index contributed by atoms with van der Waals surface area (Å²) in [5.74, 6) is 1.88. The number of nitrogens with zero attached hydrogens (tertiary/aromatic N) is 4. The van der Waals surface area contributed by atoms with Crippen LogP contribution in [0.4, 0.5) is 0 Å². The monoisotopic (exact) mass is 766 g/mol. The molecule has 0 unspecified atom stereocenters. The lowest BCUT2D eigenvalue weighted by molar-refractivity contribution is 0.669. The highest BCUT2D eigenvalue weighted by Crippen LogP contribution is 2.40. The smallest absolute Gasteiger partial charge is 0.164 e. The SMILES string of the molecule is c1ccc(-c2nc(-c3ccc(-c4ccc5ccccc5c4)cc3)nc(-c3ccc(-n4c5ccccc5c5ccc(-c6cccc7oc8ccccc8c67)cc54)cc3)n2)cc1. The summed E-state index contributed by atoms with van der Waals surface area (Å²) in [4.78, 5) is 15.1. The van der Waals surface area contributed by atoms with Crippen molar-refractivity contribution in [3.63, 3.8) is 0 Å². The van der Waals surface area contributed by atoms with Gasteiger partial charge in [-0.15, -0.1) is 0 Å². The lowest BCUT2D eigenvalue weighted by atomic mass is 9.98. The Balaban J connectivity index is 0.951. The van der Waals surface area contributed by atoms with Crippen LogP contribution in [-0.2, 0) is 0 Å². The Bertz CT molecular complexity index is 3580. The third-order valence-corrected chi connectivity index (χ3v) is 11.7. The van der Waals surface area contributed by atoms with E-state index in [2.05, 4.69) is 168 Å². The standard InChI is InChI=1S/C55H34N4O/c1-2-12-37(13-3-1)53-56-54(38-24-21-36(22-25-38)41-26-23-35-11-4-5-14-40(35)33-41)58-55(57-53)39-27-30-43(31-28-39)59-48-18-8-6-15-45(48)46-32-29-42(34-49(46)59)44-17-10-20-51-52(44)47-16-7-9-19-50(47)60-51/h1-34H. The summed E-state index contributed by atoms with van der Waals surface area (Å²) in [6, 6.07) is 72.3. The maximum Gasteiger partial charge on any atom is 0.164 e. The zero-order valence-corrected chi connectivity index (χ0v) is 32.3. The Kier molecular flexibility index (Phi) is 7.78. The number of fused-ring (bicyclic) bond motifs is 7. The first-order valence-electron chi connectivity index (χ1n) is 20.2. The molecule has 12 aromatic rings. The molecule has 0 aliphatic carbocycles. The molecule has 5 nitrogen and oxygen atoms in total. The van der Waals surface area contributed by atoms with Crippen molar-refractivity contribution in [1.29, 1.82) is 0 Å².